The van der Waals surface area contributed by atoms with E-state index in [-0.39, 0.29) is 10.0 Å². The molecule has 74 valence electrons. The molecule has 0 amide bonds. The predicted octanol–water partition coefficient (Wildman–Crippen LogP) is 2.39. The fraction of sp³-hybridized carbons (Fsp3) is 0. The summed E-state index contributed by atoms with van der Waals surface area (Å²) in [7, 11) is 0.909. The van der Waals surface area contributed by atoms with Crippen molar-refractivity contribution in [3.63, 3.8) is 0 Å². The maximum Gasteiger partial charge on any atom is 0.262 e. The topological polar surface area (TPSA) is 57.9 Å². The summed E-state index contributed by atoms with van der Waals surface area (Å²) in [6.07, 6.45) is 0. The van der Waals surface area contributed by atoms with Crippen molar-refractivity contribution >= 4 is 35.7 Å². The van der Waals surface area contributed by atoms with Gasteiger partial charge >= 0.3 is 0 Å². The van der Waals surface area contributed by atoms with E-state index < -0.39 is 19.8 Å². The van der Waals surface area contributed by atoms with Crippen LogP contribution >= 0.6 is 26.6 Å². The molecular weight excluding hydrogens is 297 g/mol. The van der Waals surface area contributed by atoms with E-state index in [0.717, 1.165) is 6.07 Å². The Morgan fingerprint density at radius 2 is 2.07 bits per heavy atom. The number of benzene rings is 1. The van der Waals surface area contributed by atoms with E-state index in [2.05, 4.69) is 15.9 Å². The predicted molar refractivity (Wildman–Crippen MR) is 51.9 cm³/mol. The van der Waals surface area contributed by atoms with Crippen molar-refractivity contribution in [1.29, 1.82) is 5.26 Å². The van der Waals surface area contributed by atoms with Gasteiger partial charge in [0.25, 0.3) is 9.05 Å². The number of halogens is 3. The van der Waals surface area contributed by atoms with Crippen molar-refractivity contribution in [3.05, 3.63) is 28.0 Å². The first-order valence-corrected chi connectivity index (χ1v) is 6.30. The molecule has 0 atom stereocenters. The molecule has 0 bridgehead atoms. The lowest BCUT2D eigenvalue weighted by molar-refractivity contribution is 0.601. The van der Waals surface area contributed by atoms with Crippen LogP contribution < -0.4 is 0 Å². The molecule has 1 aromatic carbocycles. The third-order valence-corrected chi connectivity index (χ3v) is 3.36. The number of nitriles is 1. The third-order valence-electron chi connectivity index (χ3n) is 1.39. The van der Waals surface area contributed by atoms with Crippen LogP contribution in [0.3, 0.4) is 0 Å². The third kappa shape index (κ3) is 2.23. The molecule has 0 unspecified atom stereocenters. The highest BCUT2D eigenvalue weighted by atomic mass is 79.9. The minimum Gasteiger partial charge on any atom is -0.207 e. The normalized spacial score (nSPS) is 11.0. The van der Waals surface area contributed by atoms with Crippen LogP contribution in [0.5, 0.6) is 0 Å². The van der Waals surface area contributed by atoms with Crippen LogP contribution in [0.15, 0.2) is 21.5 Å². The fourth-order valence-electron chi connectivity index (χ4n) is 0.851. The van der Waals surface area contributed by atoms with Gasteiger partial charge in [-0.3, -0.25) is 0 Å². The van der Waals surface area contributed by atoms with Crippen LogP contribution in [-0.4, -0.2) is 8.42 Å². The highest BCUT2D eigenvalue weighted by Crippen LogP contribution is 2.27. The van der Waals surface area contributed by atoms with E-state index >= 15 is 0 Å². The molecule has 7 heteroatoms. The zero-order valence-corrected chi connectivity index (χ0v) is 9.62. The van der Waals surface area contributed by atoms with Gasteiger partial charge in [-0.2, -0.15) is 5.26 Å². The molecule has 1 rings (SSSR count). The average Bonchev–Trinajstić information content (AvgIpc) is 2.01. The van der Waals surface area contributed by atoms with E-state index in [1.54, 1.807) is 6.07 Å². The van der Waals surface area contributed by atoms with Gasteiger partial charge in [-0.1, -0.05) is 0 Å². The fourth-order valence-corrected chi connectivity index (χ4v) is 2.52. The summed E-state index contributed by atoms with van der Waals surface area (Å²) >= 11 is 2.86. The van der Waals surface area contributed by atoms with Gasteiger partial charge in [-0.25, -0.2) is 12.8 Å². The lowest BCUT2D eigenvalue weighted by atomic mass is 10.2. The van der Waals surface area contributed by atoms with Crippen LogP contribution in [0.4, 0.5) is 4.39 Å². The maximum atomic E-state index is 12.8. The Morgan fingerprint density at radius 1 is 1.50 bits per heavy atom. The summed E-state index contributed by atoms with van der Waals surface area (Å²) < 4.78 is 34.8. The molecule has 0 aliphatic heterocycles. The van der Waals surface area contributed by atoms with Gasteiger partial charge in [0.05, 0.1) is 5.56 Å². The Morgan fingerprint density at radius 3 is 2.50 bits per heavy atom. The molecule has 0 aliphatic rings. The van der Waals surface area contributed by atoms with Gasteiger partial charge in [0, 0.05) is 15.2 Å². The van der Waals surface area contributed by atoms with Crippen molar-refractivity contribution < 1.29 is 12.8 Å². The highest BCUT2D eigenvalue weighted by Gasteiger charge is 2.19. The lowest BCUT2D eigenvalue weighted by Gasteiger charge is -2.01. The molecule has 0 saturated carbocycles. The molecular formula is C7H2BrClFNO2S. The van der Waals surface area contributed by atoms with Gasteiger partial charge < -0.3 is 0 Å². The Bertz CT molecular complexity index is 523. The second kappa shape index (κ2) is 3.85. The Hall–Kier alpha value is -0.640. The molecule has 1 aromatic rings. The van der Waals surface area contributed by atoms with Crippen LogP contribution in [0.2, 0.25) is 0 Å². The summed E-state index contributed by atoms with van der Waals surface area (Å²) in [6.45, 7) is 0. The van der Waals surface area contributed by atoms with Crippen LogP contribution in [-0.2, 0) is 9.05 Å². The number of hydrogen-bond donors (Lipinski definition) is 0. The Kier molecular flexibility index (Phi) is 3.14. The van der Waals surface area contributed by atoms with Crippen molar-refractivity contribution in [1.82, 2.24) is 0 Å². The lowest BCUT2D eigenvalue weighted by Crippen LogP contribution is -1.97. The van der Waals surface area contributed by atoms with Crippen LogP contribution in [0.25, 0.3) is 0 Å². The number of rotatable bonds is 1. The van der Waals surface area contributed by atoms with Gasteiger partial charge in [0.2, 0.25) is 0 Å². The molecule has 0 spiro atoms. The molecule has 0 aliphatic carbocycles. The average molecular weight is 299 g/mol. The quantitative estimate of drug-likeness (QED) is 0.748. The van der Waals surface area contributed by atoms with Gasteiger partial charge in [-0.05, 0) is 28.1 Å². The van der Waals surface area contributed by atoms with Gasteiger partial charge in [-0.15, -0.1) is 0 Å². The van der Waals surface area contributed by atoms with Crippen molar-refractivity contribution in [2.75, 3.05) is 0 Å². The van der Waals surface area contributed by atoms with Crippen LogP contribution in [0, 0.1) is 17.1 Å². The summed E-state index contributed by atoms with van der Waals surface area (Å²) in [5, 5.41) is 8.63. The molecule has 0 radical (unpaired) electrons. The van der Waals surface area contributed by atoms with Crippen molar-refractivity contribution in [2.24, 2.45) is 0 Å². The highest BCUT2D eigenvalue weighted by molar-refractivity contribution is 9.10. The maximum absolute atomic E-state index is 12.8. The summed E-state index contributed by atoms with van der Waals surface area (Å²) in [6, 6.07) is 3.31. The smallest absolute Gasteiger partial charge is 0.207 e. The first-order valence-electron chi connectivity index (χ1n) is 3.20. The molecule has 0 aromatic heterocycles. The second-order valence-corrected chi connectivity index (χ2v) is 5.70. The molecule has 0 N–H and O–H groups in total. The van der Waals surface area contributed by atoms with E-state index in [0.29, 0.717) is 6.07 Å². The van der Waals surface area contributed by atoms with E-state index in [1.165, 1.54) is 0 Å². The summed E-state index contributed by atoms with van der Waals surface area (Å²) in [5.41, 5.74) is -0.207. The molecule has 0 heterocycles. The Labute approximate surface area is 92.7 Å². The largest absolute Gasteiger partial charge is 0.262 e. The Balaban J connectivity index is 3.68. The zero-order chi connectivity index (χ0) is 10.9. The molecule has 3 nitrogen and oxygen atoms in total. The minimum atomic E-state index is -4.11. The molecule has 0 fully saturated rings. The number of nitrogens with zero attached hydrogens (tertiary/aromatic N) is 1. The summed E-state index contributed by atoms with van der Waals surface area (Å²) in [4.78, 5) is -0.534. The van der Waals surface area contributed by atoms with Crippen molar-refractivity contribution in [2.45, 2.75) is 4.90 Å². The summed E-state index contributed by atoms with van der Waals surface area (Å²) in [5.74, 6) is -0.782. The SMILES string of the molecule is N#Cc1c(Br)cc(F)cc1S(=O)(=O)Cl. The first kappa shape index (κ1) is 11.4. The van der Waals surface area contributed by atoms with E-state index in [9.17, 15) is 12.8 Å². The minimum absolute atomic E-state index is 0.0548. The zero-order valence-electron chi connectivity index (χ0n) is 6.46. The first-order chi connectivity index (χ1) is 6.36. The molecule has 14 heavy (non-hydrogen) atoms. The standard InChI is InChI=1S/C7H2BrClFNO2S/c8-6-1-4(10)2-7(5(6)3-11)14(9,12)13/h1-2H. The van der Waals surface area contributed by atoms with Crippen molar-refractivity contribution in [3.8, 4) is 6.07 Å². The second-order valence-electron chi connectivity index (χ2n) is 2.31. The van der Waals surface area contributed by atoms with E-state index in [1.807, 2.05) is 0 Å². The van der Waals surface area contributed by atoms with E-state index in [4.69, 9.17) is 15.9 Å². The van der Waals surface area contributed by atoms with Gasteiger partial charge in [0.15, 0.2) is 0 Å². The van der Waals surface area contributed by atoms with Crippen LogP contribution in [0.1, 0.15) is 5.56 Å². The van der Waals surface area contributed by atoms with Gasteiger partial charge in [0.1, 0.15) is 16.8 Å². The molecule has 0 saturated heterocycles. The monoisotopic (exact) mass is 297 g/mol. The number of hydrogen-bond acceptors (Lipinski definition) is 3.